The monoisotopic (exact) mass is 284 g/mol. The van der Waals surface area contributed by atoms with Crippen molar-refractivity contribution in [3.63, 3.8) is 0 Å². The molecule has 0 aromatic heterocycles. The smallest absolute Gasteiger partial charge is 0.379 e. The first kappa shape index (κ1) is 15.4. The van der Waals surface area contributed by atoms with Crippen LogP contribution in [0.3, 0.4) is 0 Å². The molecule has 0 unspecified atom stereocenters. The average molecular weight is 284 g/mol. The van der Waals surface area contributed by atoms with E-state index in [1.807, 2.05) is 0 Å². The number of Topliss-reactive ketones (excluding diaryl/α,β-unsaturated/α-hetero) is 1. The lowest BCUT2D eigenvalue weighted by molar-refractivity contribution is -0.137. The topological polar surface area (TPSA) is 61.8 Å². The van der Waals surface area contributed by atoms with Crippen molar-refractivity contribution in [2.24, 2.45) is 0 Å². The van der Waals surface area contributed by atoms with E-state index in [1.54, 1.807) is 19.2 Å². The molecule has 104 valence electrons. The largest absolute Gasteiger partial charge is 0.493 e. The van der Waals surface area contributed by atoms with Crippen LogP contribution in [0.5, 0.6) is 11.5 Å². The fourth-order valence-electron chi connectivity index (χ4n) is 1.59. The second-order valence-electron chi connectivity index (χ2n) is 3.43. The number of ether oxygens (including phenoxy) is 3. The Morgan fingerprint density at radius 1 is 1.21 bits per heavy atom. The standard InChI is InChI=1S/C13H16O5S/c1-5-18-13(15)10(14)8-6-7-9(16-2)11(17-3)12(8)19-4/h6-7H,5H2,1-4H3. The average Bonchev–Trinajstić information content (AvgIpc) is 2.44. The lowest BCUT2D eigenvalue weighted by Crippen LogP contribution is -2.18. The first-order chi connectivity index (χ1) is 9.10. The Kier molecular flexibility index (Phi) is 5.69. The van der Waals surface area contributed by atoms with E-state index in [-0.39, 0.29) is 12.2 Å². The van der Waals surface area contributed by atoms with E-state index in [0.717, 1.165) is 0 Å². The molecule has 0 aliphatic rings. The molecule has 0 fully saturated rings. The number of carbonyl (C=O) groups is 2. The maximum atomic E-state index is 12.0. The van der Waals surface area contributed by atoms with Gasteiger partial charge in [0, 0.05) is 5.56 Å². The van der Waals surface area contributed by atoms with Gasteiger partial charge in [-0.1, -0.05) is 0 Å². The van der Waals surface area contributed by atoms with Crippen molar-refractivity contribution >= 4 is 23.5 Å². The highest BCUT2D eigenvalue weighted by atomic mass is 32.2. The van der Waals surface area contributed by atoms with Crippen LogP contribution in [0.1, 0.15) is 17.3 Å². The van der Waals surface area contributed by atoms with Crippen LogP contribution in [0.15, 0.2) is 17.0 Å². The normalized spacial score (nSPS) is 9.89. The number of hydrogen-bond acceptors (Lipinski definition) is 6. The minimum atomic E-state index is -0.870. The maximum absolute atomic E-state index is 12.0. The SMILES string of the molecule is CCOC(=O)C(=O)c1ccc(OC)c(OC)c1SC. The van der Waals surface area contributed by atoms with Crippen LogP contribution in [-0.2, 0) is 9.53 Å². The summed E-state index contributed by atoms with van der Waals surface area (Å²) < 4.78 is 15.1. The van der Waals surface area contributed by atoms with Crippen molar-refractivity contribution in [2.45, 2.75) is 11.8 Å². The summed E-state index contributed by atoms with van der Waals surface area (Å²) in [4.78, 5) is 24.1. The van der Waals surface area contributed by atoms with E-state index < -0.39 is 11.8 Å². The summed E-state index contributed by atoms with van der Waals surface area (Å²) in [6, 6.07) is 3.12. The highest BCUT2D eigenvalue weighted by Gasteiger charge is 2.24. The molecule has 0 bridgehead atoms. The van der Waals surface area contributed by atoms with Crippen LogP contribution in [0.25, 0.3) is 0 Å². The van der Waals surface area contributed by atoms with Gasteiger partial charge in [-0.2, -0.15) is 0 Å². The number of carbonyl (C=O) groups excluding carboxylic acids is 2. The fourth-order valence-corrected chi connectivity index (χ4v) is 2.34. The highest BCUT2D eigenvalue weighted by Crippen LogP contribution is 2.39. The zero-order chi connectivity index (χ0) is 14.4. The van der Waals surface area contributed by atoms with Crippen LogP contribution in [-0.4, -0.2) is 38.8 Å². The van der Waals surface area contributed by atoms with Crippen LogP contribution < -0.4 is 9.47 Å². The molecule has 0 atom stereocenters. The van der Waals surface area contributed by atoms with Crippen LogP contribution in [0, 0.1) is 0 Å². The third-order valence-corrected chi connectivity index (χ3v) is 3.22. The molecular weight excluding hydrogens is 268 g/mol. The molecule has 0 spiro atoms. The Hall–Kier alpha value is -1.69. The van der Waals surface area contributed by atoms with E-state index in [4.69, 9.17) is 14.2 Å². The van der Waals surface area contributed by atoms with Gasteiger partial charge >= 0.3 is 5.97 Å². The first-order valence-corrected chi connectivity index (χ1v) is 6.83. The third kappa shape index (κ3) is 3.20. The molecule has 0 N–H and O–H groups in total. The molecule has 1 rings (SSSR count). The number of methoxy groups -OCH3 is 2. The first-order valence-electron chi connectivity index (χ1n) is 5.61. The summed E-state index contributed by atoms with van der Waals surface area (Å²) in [6.07, 6.45) is 1.79. The Bertz CT molecular complexity index is 484. The zero-order valence-electron chi connectivity index (χ0n) is 11.3. The van der Waals surface area contributed by atoms with Gasteiger partial charge in [0.25, 0.3) is 5.78 Å². The third-order valence-electron chi connectivity index (χ3n) is 2.41. The lowest BCUT2D eigenvalue weighted by Gasteiger charge is -2.14. The Morgan fingerprint density at radius 3 is 2.37 bits per heavy atom. The molecule has 1 aromatic rings. The molecule has 6 heteroatoms. The molecule has 0 amide bonds. The molecule has 0 radical (unpaired) electrons. The van der Waals surface area contributed by atoms with Crippen molar-refractivity contribution in [3.05, 3.63) is 17.7 Å². The summed E-state index contributed by atoms with van der Waals surface area (Å²) in [7, 11) is 2.99. The summed E-state index contributed by atoms with van der Waals surface area (Å²) in [6.45, 7) is 1.81. The summed E-state index contributed by atoms with van der Waals surface area (Å²) in [5.74, 6) is -0.616. The molecule has 0 saturated carbocycles. The van der Waals surface area contributed by atoms with E-state index in [0.29, 0.717) is 16.4 Å². The van der Waals surface area contributed by atoms with Crippen molar-refractivity contribution in [1.82, 2.24) is 0 Å². The fraction of sp³-hybridized carbons (Fsp3) is 0.385. The minimum absolute atomic E-state index is 0.159. The summed E-state index contributed by atoms with van der Waals surface area (Å²) in [5, 5.41) is 0. The second-order valence-corrected chi connectivity index (χ2v) is 4.25. The zero-order valence-corrected chi connectivity index (χ0v) is 12.1. The molecule has 0 heterocycles. The van der Waals surface area contributed by atoms with Gasteiger partial charge in [-0.3, -0.25) is 4.79 Å². The second kappa shape index (κ2) is 7.04. The summed E-state index contributed by atoms with van der Waals surface area (Å²) >= 11 is 1.31. The lowest BCUT2D eigenvalue weighted by atomic mass is 10.1. The Morgan fingerprint density at radius 2 is 1.89 bits per heavy atom. The van der Waals surface area contributed by atoms with Gasteiger partial charge in [-0.15, -0.1) is 11.8 Å². The number of rotatable bonds is 6. The molecule has 0 saturated heterocycles. The molecule has 0 aliphatic carbocycles. The molecular formula is C13H16O5S. The predicted octanol–water partition coefficient (Wildman–Crippen LogP) is 2.17. The van der Waals surface area contributed by atoms with Crippen molar-refractivity contribution in [2.75, 3.05) is 27.1 Å². The number of ketones is 1. The summed E-state index contributed by atoms with van der Waals surface area (Å²) in [5.41, 5.74) is 0.253. The highest BCUT2D eigenvalue weighted by molar-refractivity contribution is 7.98. The van der Waals surface area contributed by atoms with Crippen LogP contribution in [0.2, 0.25) is 0 Å². The molecule has 19 heavy (non-hydrogen) atoms. The maximum Gasteiger partial charge on any atom is 0.379 e. The quantitative estimate of drug-likeness (QED) is 0.345. The van der Waals surface area contributed by atoms with Crippen molar-refractivity contribution in [3.8, 4) is 11.5 Å². The molecule has 0 aliphatic heterocycles. The van der Waals surface area contributed by atoms with E-state index in [1.165, 1.54) is 32.0 Å². The Balaban J connectivity index is 3.28. The van der Waals surface area contributed by atoms with Crippen LogP contribution >= 0.6 is 11.8 Å². The Labute approximate surface area is 116 Å². The van der Waals surface area contributed by atoms with Gasteiger partial charge < -0.3 is 14.2 Å². The molecule has 5 nitrogen and oxygen atoms in total. The van der Waals surface area contributed by atoms with Gasteiger partial charge in [0.15, 0.2) is 11.5 Å². The number of hydrogen-bond donors (Lipinski definition) is 0. The van der Waals surface area contributed by atoms with Crippen molar-refractivity contribution in [1.29, 1.82) is 0 Å². The minimum Gasteiger partial charge on any atom is -0.493 e. The predicted molar refractivity (Wildman–Crippen MR) is 72.3 cm³/mol. The number of esters is 1. The van der Waals surface area contributed by atoms with E-state index in [2.05, 4.69) is 0 Å². The van der Waals surface area contributed by atoms with Gasteiger partial charge in [0.2, 0.25) is 0 Å². The van der Waals surface area contributed by atoms with Gasteiger partial charge in [-0.05, 0) is 25.3 Å². The number of thioether (sulfide) groups is 1. The number of benzene rings is 1. The van der Waals surface area contributed by atoms with E-state index in [9.17, 15) is 9.59 Å². The molecule has 1 aromatic carbocycles. The van der Waals surface area contributed by atoms with Gasteiger partial charge in [-0.25, -0.2) is 4.79 Å². The van der Waals surface area contributed by atoms with Crippen LogP contribution in [0.4, 0.5) is 0 Å². The van der Waals surface area contributed by atoms with Gasteiger partial charge in [0.05, 0.1) is 25.7 Å². The van der Waals surface area contributed by atoms with E-state index >= 15 is 0 Å². The van der Waals surface area contributed by atoms with Gasteiger partial charge in [0.1, 0.15) is 0 Å². The van der Waals surface area contributed by atoms with Crippen molar-refractivity contribution < 1.29 is 23.8 Å².